The summed E-state index contributed by atoms with van der Waals surface area (Å²) < 4.78 is 21.4. The number of aromatic nitrogens is 1. The van der Waals surface area contributed by atoms with E-state index in [1.54, 1.807) is 18.4 Å². The second-order valence-electron chi connectivity index (χ2n) is 10.1. The number of esters is 1. The van der Waals surface area contributed by atoms with Crippen LogP contribution >= 0.6 is 49.9 Å². The van der Waals surface area contributed by atoms with Crippen LogP contribution in [0.15, 0.2) is 92.3 Å². The molecule has 1 aliphatic rings. The Morgan fingerprint density at radius 3 is 2.56 bits per heavy atom. The minimum Gasteiger partial charge on any atom is -0.491 e. The highest BCUT2D eigenvalue weighted by Gasteiger charge is 2.35. The van der Waals surface area contributed by atoms with E-state index in [0.29, 0.717) is 38.5 Å². The number of halogens is 2. The number of carbonyl (C=O) groups is 1. The molecule has 0 fully saturated rings. The molecule has 0 saturated heterocycles. The smallest absolute Gasteiger partial charge is 0.338 e. The minimum absolute atomic E-state index is 0.103. The van der Waals surface area contributed by atoms with Gasteiger partial charge in [-0.2, -0.15) is 0 Å². The molecule has 2 heterocycles. The predicted molar refractivity (Wildman–Crippen MR) is 180 cm³/mol. The van der Waals surface area contributed by atoms with E-state index in [2.05, 4.69) is 38.5 Å². The third-order valence-corrected chi connectivity index (χ3v) is 9.01. The Morgan fingerprint density at radius 2 is 1.86 bits per heavy atom. The van der Waals surface area contributed by atoms with Gasteiger partial charge in [0.2, 0.25) is 0 Å². The van der Waals surface area contributed by atoms with Gasteiger partial charge in [0.05, 0.1) is 36.6 Å². The van der Waals surface area contributed by atoms with Gasteiger partial charge in [-0.1, -0.05) is 59.9 Å². The Balaban J connectivity index is 1.60. The summed E-state index contributed by atoms with van der Waals surface area (Å²) in [4.78, 5) is 32.6. The molecular formula is C33H30BrIN2O5S. The molecule has 222 valence electrons. The third kappa shape index (κ3) is 6.81. The van der Waals surface area contributed by atoms with Crippen molar-refractivity contribution in [3.63, 3.8) is 0 Å². The summed E-state index contributed by atoms with van der Waals surface area (Å²) in [7, 11) is 0. The van der Waals surface area contributed by atoms with Crippen molar-refractivity contribution >= 4 is 61.9 Å². The summed E-state index contributed by atoms with van der Waals surface area (Å²) in [6.45, 7) is 8.05. The number of rotatable bonds is 9. The lowest BCUT2D eigenvalue weighted by Gasteiger charge is -2.26. The molecule has 4 aromatic rings. The average Bonchev–Trinajstić information content (AvgIpc) is 3.26. The van der Waals surface area contributed by atoms with E-state index >= 15 is 0 Å². The van der Waals surface area contributed by atoms with Crippen LogP contribution in [0.3, 0.4) is 0 Å². The summed E-state index contributed by atoms with van der Waals surface area (Å²) in [6, 6.07) is 20.6. The summed E-state index contributed by atoms with van der Waals surface area (Å²) >= 11 is 7.18. The van der Waals surface area contributed by atoms with Crippen LogP contribution in [0.4, 0.5) is 0 Å². The Morgan fingerprint density at radius 1 is 1.14 bits per heavy atom. The highest BCUT2D eigenvalue weighted by atomic mass is 127. The molecule has 1 atom stereocenters. The fourth-order valence-electron chi connectivity index (χ4n) is 4.84. The van der Waals surface area contributed by atoms with Crippen LogP contribution in [-0.2, 0) is 16.1 Å². The molecule has 5 rings (SSSR count). The van der Waals surface area contributed by atoms with E-state index in [1.807, 2.05) is 86.7 Å². The SMILES string of the molecule is CCOC(=O)C1=C(C)N=c2s/c(=C/c3cc(Br)c(OCc4ccccc4)c(I)c3)c(=O)n2[C@H]1c1ccccc1OC(C)C. The fraction of sp³-hybridized carbons (Fsp3) is 0.242. The number of hydrogen-bond donors (Lipinski definition) is 0. The highest BCUT2D eigenvalue weighted by molar-refractivity contribution is 14.1. The highest BCUT2D eigenvalue weighted by Crippen LogP contribution is 2.36. The van der Waals surface area contributed by atoms with Crippen LogP contribution in [0.2, 0.25) is 0 Å². The molecule has 7 nitrogen and oxygen atoms in total. The Kier molecular flexibility index (Phi) is 9.88. The van der Waals surface area contributed by atoms with E-state index in [1.165, 1.54) is 11.3 Å². The zero-order chi connectivity index (χ0) is 30.7. The van der Waals surface area contributed by atoms with Gasteiger partial charge >= 0.3 is 5.97 Å². The topological polar surface area (TPSA) is 79.1 Å². The van der Waals surface area contributed by atoms with Gasteiger partial charge in [-0.25, -0.2) is 9.79 Å². The van der Waals surface area contributed by atoms with Crippen LogP contribution in [0, 0.1) is 3.57 Å². The first kappa shape index (κ1) is 31.2. The first-order valence-corrected chi connectivity index (χ1v) is 16.5. The molecule has 0 spiro atoms. The third-order valence-electron chi connectivity index (χ3n) is 6.64. The van der Waals surface area contributed by atoms with E-state index in [9.17, 15) is 9.59 Å². The first-order chi connectivity index (χ1) is 20.7. The fourth-order valence-corrected chi connectivity index (χ4v) is 7.65. The number of allylic oxidation sites excluding steroid dienone is 1. The zero-order valence-electron chi connectivity index (χ0n) is 24.1. The van der Waals surface area contributed by atoms with Gasteiger partial charge in [-0.05, 0) is 102 Å². The summed E-state index contributed by atoms with van der Waals surface area (Å²) in [5.74, 6) is 0.824. The van der Waals surface area contributed by atoms with Crippen molar-refractivity contribution in [1.82, 2.24) is 4.57 Å². The van der Waals surface area contributed by atoms with Crippen molar-refractivity contribution in [3.05, 3.63) is 122 Å². The summed E-state index contributed by atoms with van der Waals surface area (Å²) in [5.41, 5.74) is 3.17. The van der Waals surface area contributed by atoms with Crippen molar-refractivity contribution in [2.24, 2.45) is 4.99 Å². The maximum atomic E-state index is 14.1. The molecule has 0 N–H and O–H groups in total. The standard InChI is InChI=1S/C33H30BrIN2O5S/c1-5-40-32(39)28-20(4)36-33-37(29(28)23-13-9-10-14-26(23)42-19(2)3)31(38)27(43-33)17-22-15-24(34)30(25(35)16-22)41-18-21-11-7-6-8-12-21/h6-17,19,29H,5,18H2,1-4H3/b27-17+/t29-/m0/s1. The molecule has 0 amide bonds. The Bertz CT molecular complexity index is 1860. The van der Waals surface area contributed by atoms with Gasteiger partial charge in [-0.3, -0.25) is 9.36 Å². The number of para-hydroxylation sites is 1. The minimum atomic E-state index is -0.756. The van der Waals surface area contributed by atoms with Crippen molar-refractivity contribution in [3.8, 4) is 11.5 Å². The van der Waals surface area contributed by atoms with Crippen LogP contribution in [0.1, 0.15) is 50.4 Å². The molecule has 0 radical (unpaired) electrons. The van der Waals surface area contributed by atoms with Gasteiger partial charge in [-0.15, -0.1) is 0 Å². The summed E-state index contributed by atoms with van der Waals surface area (Å²) in [5, 5.41) is 0. The van der Waals surface area contributed by atoms with Crippen LogP contribution in [0.5, 0.6) is 11.5 Å². The lowest BCUT2D eigenvalue weighted by molar-refractivity contribution is -0.139. The lowest BCUT2D eigenvalue weighted by Crippen LogP contribution is -2.40. The molecule has 0 unspecified atom stereocenters. The molecule has 0 bridgehead atoms. The van der Waals surface area contributed by atoms with E-state index < -0.39 is 12.0 Å². The summed E-state index contributed by atoms with van der Waals surface area (Å²) in [6.07, 6.45) is 1.74. The van der Waals surface area contributed by atoms with Crippen molar-refractivity contribution in [2.75, 3.05) is 6.61 Å². The number of benzene rings is 3. The Labute approximate surface area is 275 Å². The average molecular weight is 773 g/mol. The molecular weight excluding hydrogens is 743 g/mol. The molecule has 3 aromatic carbocycles. The molecule has 1 aromatic heterocycles. The van der Waals surface area contributed by atoms with Crippen LogP contribution in [0.25, 0.3) is 6.08 Å². The van der Waals surface area contributed by atoms with Crippen LogP contribution < -0.4 is 24.4 Å². The van der Waals surface area contributed by atoms with E-state index in [0.717, 1.165) is 24.9 Å². The maximum Gasteiger partial charge on any atom is 0.338 e. The predicted octanol–water partition coefficient (Wildman–Crippen LogP) is 6.53. The van der Waals surface area contributed by atoms with Gasteiger partial charge in [0.25, 0.3) is 5.56 Å². The van der Waals surface area contributed by atoms with Gasteiger partial charge in [0.1, 0.15) is 24.1 Å². The molecule has 0 saturated carbocycles. The first-order valence-electron chi connectivity index (χ1n) is 13.8. The van der Waals surface area contributed by atoms with Crippen LogP contribution in [-0.4, -0.2) is 23.2 Å². The van der Waals surface area contributed by atoms with Crippen molar-refractivity contribution in [2.45, 2.75) is 46.4 Å². The molecule has 43 heavy (non-hydrogen) atoms. The van der Waals surface area contributed by atoms with E-state index in [-0.39, 0.29) is 18.3 Å². The normalized spacial score (nSPS) is 14.9. The second kappa shape index (κ2) is 13.6. The number of ether oxygens (including phenoxy) is 3. The molecule has 0 aliphatic carbocycles. The number of hydrogen-bond acceptors (Lipinski definition) is 7. The number of nitrogens with zero attached hydrogens (tertiary/aromatic N) is 2. The number of fused-ring (bicyclic) bond motifs is 1. The molecule has 10 heteroatoms. The van der Waals surface area contributed by atoms with Gasteiger partial charge < -0.3 is 14.2 Å². The van der Waals surface area contributed by atoms with Gasteiger partial charge in [0.15, 0.2) is 4.80 Å². The van der Waals surface area contributed by atoms with E-state index in [4.69, 9.17) is 19.2 Å². The Hall–Kier alpha value is -3.22. The second-order valence-corrected chi connectivity index (χ2v) is 13.1. The van der Waals surface area contributed by atoms with Gasteiger partial charge in [0, 0.05) is 5.56 Å². The number of carbonyl (C=O) groups excluding carboxylic acids is 1. The maximum absolute atomic E-state index is 14.1. The van der Waals surface area contributed by atoms with Crippen molar-refractivity contribution < 1.29 is 19.0 Å². The zero-order valence-corrected chi connectivity index (χ0v) is 28.7. The molecule has 1 aliphatic heterocycles. The monoisotopic (exact) mass is 772 g/mol. The van der Waals surface area contributed by atoms with Crippen molar-refractivity contribution in [1.29, 1.82) is 0 Å². The largest absolute Gasteiger partial charge is 0.491 e. The quantitative estimate of drug-likeness (QED) is 0.143. The lowest BCUT2D eigenvalue weighted by atomic mass is 9.95. The number of thiazole rings is 1.